The van der Waals surface area contributed by atoms with Crippen molar-refractivity contribution in [1.82, 2.24) is 15.0 Å². The summed E-state index contributed by atoms with van der Waals surface area (Å²) in [5, 5.41) is 8.28. The normalized spacial score (nSPS) is 26.9. The van der Waals surface area contributed by atoms with Crippen LogP contribution >= 0.6 is 11.6 Å². The van der Waals surface area contributed by atoms with Gasteiger partial charge in [0.15, 0.2) is 0 Å². The molecule has 2 aliphatic carbocycles. The minimum Gasteiger partial charge on any atom is -0.460 e. The molecule has 4 rings (SSSR count). The third-order valence-corrected chi connectivity index (χ3v) is 5.06. The van der Waals surface area contributed by atoms with Gasteiger partial charge in [0.1, 0.15) is 12.1 Å². The first-order chi connectivity index (χ1) is 12.1. The number of halogens is 1. The number of fused-ring (bicyclic) bond motifs is 3. The van der Waals surface area contributed by atoms with Gasteiger partial charge < -0.3 is 4.74 Å². The molecule has 7 heteroatoms. The zero-order valence-corrected chi connectivity index (χ0v) is 14.1. The lowest BCUT2D eigenvalue weighted by molar-refractivity contribution is -0.149. The SMILES string of the molecule is C=C(Cl)COC(=O)[C@@H]1[C@H](C(=O)n2nnc3ccccc32)[C@H]2C=C[C@H]1C2. The van der Waals surface area contributed by atoms with E-state index < -0.39 is 17.8 Å². The molecule has 1 saturated carbocycles. The highest BCUT2D eigenvalue weighted by atomic mass is 35.5. The zero-order chi connectivity index (χ0) is 17.6. The van der Waals surface area contributed by atoms with Crippen LogP contribution in [0.2, 0.25) is 0 Å². The highest BCUT2D eigenvalue weighted by Crippen LogP contribution is 2.49. The summed E-state index contributed by atoms with van der Waals surface area (Å²) < 4.78 is 6.52. The number of nitrogens with zero attached hydrogens (tertiary/aromatic N) is 3. The molecule has 6 nitrogen and oxygen atoms in total. The van der Waals surface area contributed by atoms with Crippen LogP contribution in [0, 0.1) is 23.7 Å². The molecule has 2 aliphatic rings. The van der Waals surface area contributed by atoms with Crippen LogP contribution in [0.15, 0.2) is 48.0 Å². The molecule has 1 aromatic carbocycles. The largest absolute Gasteiger partial charge is 0.460 e. The zero-order valence-electron chi connectivity index (χ0n) is 13.3. The minimum atomic E-state index is -0.526. The molecule has 0 amide bonds. The number of carbonyl (C=O) groups is 2. The second-order valence-electron chi connectivity index (χ2n) is 6.45. The predicted octanol–water partition coefficient (Wildman–Crippen LogP) is 2.81. The second-order valence-corrected chi connectivity index (χ2v) is 6.99. The highest BCUT2D eigenvalue weighted by molar-refractivity contribution is 6.29. The van der Waals surface area contributed by atoms with Gasteiger partial charge in [-0.1, -0.05) is 47.7 Å². The predicted molar refractivity (Wildman–Crippen MR) is 91.8 cm³/mol. The monoisotopic (exact) mass is 357 g/mol. The number of hydrogen-bond acceptors (Lipinski definition) is 5. The Hall–Kier alpha value is -2.47. The first-order valence-electron chi connectivity index (χ1n) is 8.09. The summed E-state index contributed by atoms with van der Waals surface area (Å²) >= 11 is 5.68. The summed E-state index contributed by atoms with van der Waals surface area (Å²) in [7, 11) is 0. The van der Waals surface area contributed by atoms with Crippen molar-refractivity contribution in [3.63, 3.8) is 0 Å². The fourth-order valence-electron chi connectivity index (χ4n) is 3.90. The van der Waals surface area contributed by atoms with Crippen LogP contribution in [0.1, 0.15) is 11.2 Å². The third-order valence-electron chi connectivity index (χ3n) is 4.95. The lowest BCUT2D eigenvalue weighted by Gasteiger charge is -2.25. The molecule has 0 spiro atoms. The van der Waals surface area contributed by atoms with E-state index in [0.717, 1.165) is 6.42 Å². The summed E-state index contributed by atoms with van der Waals surface area (Å²) in [6, 6.07) is 7.25. The molecule has 1 heterocycles. The number of allylic oxidation sites excluding steroid dienone is 2. The summed E-state index contributed by atoms with van der Waals surface area (Å²) in [4.78, 5) is 25.7. The molecule has 2 aromatic rings. The van der Waals surface area contributed by atoms with E-state index in [1.165, 1.54) is 4.68 Å². The van der Waals surface area contributed by atoms with Crippen molar-refractivity contribution < 1.29 is 14.3 Å². The molecule has 1 fully saturated rings. The van der Waals surface area contributed by atoms with Gasteiger partial charge in [0, 0.05) is 5.03 Å². The molecular weight excluding hydrogens is 342 g/mol. The summed E-state index contributed by atoms with van der Waals surface area (Å²) in [6.07, 6.45) is 4.77. The molecule has 128 valence electrons. The van der Waals surface area contributed by atoms with Crippen LogP contribution < -0.4 is 0 Å². The van der Waals surface area contributed by atoms with E-state index in [1.807, 2.05) is 24.3 Å². The van der Waals surface area contributed by atoms with Crippen molar-refractivity contribution in [2.24, 2.45) is 23.7 Å². The average molecular weight is 358 g/mol. The van der Waals surface area contributed by atoms with Crippen molar-refractivity contribution in [3.05, 3.63) is 48.0 Å². The highest BCUT2D eigenvalue weighted by Gasteiger charge is 2.53. The van der Waals surface area contributed by atoms with E-state index in [4.69, 9.17) is 16.3 Å². The van der Waals surface area contributed by atoms with Gasteiger partial charge in [0.2, 0.25) is 0 Å². The minimum absolute atomic E-state index is 0.00447. The summed E-state index contributed by atoms with van der Waals surface area (Å²) in [5.41, 5.74) is 1.28. The molecule has 0 unspecified atom stereocenters. The number of para-hydroxylation sites is 1. The fraction of sp³-hybridized carbons (Fsp3) is 0.333. The van der Waals surface area contributed by atoms with Crippen molar-refractivity contribution >= 4 is 34.5 Å². The Morgan fingerprint density at radius 1 is 1.24 bits per heavy atom. The number of rotatable bonds is 4. The van der Waals surface area contributed by atoms with E-state index in [2.05, 4.69) is 16.9 Å². The maximum Gasteiger partial charge on any atom is 0.310 e. The van der Waals surface area contributed by atoms with Gasteiger partial charge in [-0.2, -0.15) is 4.68 Å². The van der Waals surface area contributed by atoms with Gasteiger partial charge in [-0.05, 0) is 30.4 Å². The van der Waals surface area contributed by atoms with E-state index in [9.17, 15) is 9.59 Å². The second kappa shape index (κ2) is 6.11. The number of aromatic nitrogens is 3. The summed E-state index contributed by atoms with van der Waals surface area (Å²) in [6.45, 7) is 3.47. The van der Waals surface area contributed by atoms with Crippen LogP contribution in [0.25, 0.3) is 11.0 Å². The van der Waals surface area contributed by atoms with Crippen molar-refractivity contribution in [2.45, 2.75) is 6.42 Å². The third kappa shape index (κ3) is 2.66. The van der Waals surface area contributed by atoms with Gasteiger partial charge >= 0.3 is 5.97 Å². The number of esters is 1. The topological polar surface area (TPSA) is 74.1 Å². The van der Waals surface area contributed by atoms with Crippen LogP contribution in [-0.2, 0) is 9.53 Å². The van der Waals surface area contributed by atoms with E-state index >= 15 is 0 Å². The average Bonchev–Trinajstić information content (AvgIpc) is 3.32. The van der Waals surface area contributed by atoms with Gasteiger partial charge in [-0.15, -0.1) is 5.10 Å². The number of benzene rings is 1. The van der Waals surface area contributed by atoms with E-state index in [1.54, 1.807) is 12.1 Å². The van der Waals surface area contributed by atoms with Crippen molar-refractivity contribution in [2.75, 3.05) is 6.61 Å². The van der Waals surface area contributed by atoms with Crippen LogP contribution in [0.5, 0.6) is 0 Å². The molecule has 0 aliphatic heterocycles. The van der Waals surface area contributed by atoms with Gasteiger partial charge in [-0.25, -0.2) is 0 Å². The molecule has 4 atom stereocenters. The maximum atomic E-state index is 13.1. The molecule has 0 N–H and O–H groups in total. The molecule has 25 heavy (non-hydrogen) atoms. The number of ether oxygens (including phenoxy) is 1. The molecule has 0 radical (unpaired) electrons. The Labute approximate surface area is 149 Å². The Morgan fingerprint density at radius 3 is 2.72 bits per heavy atom. The summed E-state index contributed by atoms with van der Waals surface area (Å²) in [5.74, 6) is -1.65. The number of carbonyl (C=O) groups excluding carboxylic acids is 2. The lowest BCUT2D eigenvalue weighted by Crippen LogP contribution is -2.37. The maximum absolute atomic E-state index is 13.1. The lowest BCUT2D eigenvalue weighted by atomic mass is 9.82. The van der Waals surface area contributed by atoms with Crippen LogP contribution in [0.3, 0.4) is 0 Å². The van der Waals surface area contributed by atoms with E-state index in [0.29, 0.717) is 11.0 Å². The first kappa shape index (κ1) is 16.0. The Morgan fingerprint density at radius 2 is 1.96 bits per heavy atom. The van der Waals surface area contributed by atoms with Gasteiger partial charge in [0.05, 0.1) is 17.4 Å². The van der Waals surface area contributed by atoms with Gasteiger partial charge in [-0.3, -0.25) is 9.59 Å². The Bertz CT molecular complexity index is 904. The Balaban J connectivity index is 1.65. The van der Waals surface area contributed by atoms with E-state index in [-0.39, 0.29) is 29.4 Å². The van der Waals surface area contributed by atoms with Gasteiger partial charge in [0.25, 0.3) is 5.91 Å². The quantitative estimate of drug-likeness (QED) is 0.621. The number of hydrogen-bond donors (Lipinski definition) is 0. The first-order valence-corrected chi connectivity index (χ1v) is 8.47. The van der Waals surface area contributed by atoms with Crippen molar-refractivity contribution in [3.8, 4) is 0 Å². The van der Waals surface area contributed by atoms with Crippen LogP contribution in [-0.4, -0.2) is 33.5 Å². The molecular formula is C18H16ClN3O3. The Kier molecular flexibility index (Phi) is 3.92. The fourth-order valence-corrected chi connectivity index (χ4v) is 3.95. The van der Waals surface area contributed by atoms with Crippen molar-refractivity contribution in [1.29, 1.82) is 0 Å². The smallest absolute Gasteiger partial charge is 0.310 e. The van der Waals surface area contributed by atoms with Crippen LogP contribution in [0.4, 0.5) is 0 Å². The molecule has 2 bridgehead atoms. The molecule has 0 saturated heterocycles. The molecule has 1 aromatic heterocycles. The standard InChI is InChI=1S/C18H16ClN3O3/c1-10(19)9-25-18(24)16-12-7-6-11(8-12)15(16)17(23)22-14-5-3-2-4-13(14)20-21-22/h2-7,11-12,15-16H,1,8-9H2/t11-,12-,15+,16-/m0/s1.